The van der Waals surface area contributed by atoms with E-state index in [4.69, 9.17) is 0 Å². The summed E-state index contributed by atoms with van der Waals surface area (Å²) in [5.41, 5.74) is 2.34. The fraction of sp³-hybridized carbons (Fsp3) is 0.176. The van der Waals surface area contributed by atoms with Gasteiger partial charge in [0, 0.05) is 12.7 Å². The molecule has 0 aliphatic carbocycles. The van der Waals surface area contributed by atoms with Crippen molar-refractivity contribution in [2.24, 2.45) is 7.05 Å². The smallest absolute Gasteiger partial charge is 0.324 e. The van der Waals surface area contributed by atoms with Crippen LogP contribution in [0.1, 0.15) is 5.56 Å². The molecule has 3 aromatic rings. The molecule has 0 saturated carbocycles. The van der Waals surface area contributed by atoms with Gasteiger partial charge in [-0.2, -0.15) is 0 Å². The van der Waals surface area contributed by atoms with E-state index in [9.17, 15) is 14.0 Å². The van der Waals surface area contributed by atoms with Gasteiger partial charge >= 0.3 is 5.69 Å². The molecule has 1 heterocycles. The van der Waals surface area contributed by atoms with E-state index in [0.717, 1.165) is 11.1 Å². The maximum absolute atomic E-state index is 13.3. The summed E-state index contributed by atoms with van der Waals surface area (Å²) in [6, 6.07) is 11.4. The summed E-state index contributed by atoms with van der Waals surface area (Å²) in [4.78, 5) is 24.5. The summed E-state index contributed by atoms with van der Waals surface area (Å²) in [7, 11) is 1.66. The van der Waals surface area contributed by atoms with E-state index in [1.807, 2.05) is 18.2 Å². The third-order valence-corrected chi connectivity index (χ3v) is 3.83. The Hall–Kier alpha value is -2.89. The molecule has 23 heavy (non-hydrogen) atoms. The van der Waals surface area contributed by atoms with Gasteiger partial charge in [0.05, 0.1) is 11.0 Å². The van der Waals surface area contributed by atoms with E-state index >= 15 is 0 Å². The number of halogens is 1. The van der Waals surface area contributed by atoms with Crippen LogP contribution in [0.25, 0.3) is 11.0 Å². The Bertz CT molecular complexity index is 956. The molecule has 1 aromatic heterocycles. The van der Waals surface area contributed by atoms with Crippen molar-refractivity contribution in [3.63, 3.8) is 0 Å². The molecule has 6 heteroatoms. The first-order valence-corrected chi connectivity index (χ1v) is 7.17. The van der Waals surface area contributed by atoms with Gasteiger partial charge in [-0.3, -0.25) is 13.9 Å². The molecule has 0 atom stereocenters. The molecule has 0 aliphatic heterocycles. The van der Waals surface area contributed by atoms with Crippen molar-refractivity contribution in [3.8, 4) is 0 Å². The first kappa shape index (κ1) is 15.0. The molecule has 2 aromatic carbocycles. The van der Waals surface area contributed by atoms with Gasteiger partial charge < -0.3 is 5.32 Å². The average Bonchev–Trinajstić information content (AvgIpc) is 2.76. The molecule has 1 N–H and O–H groups in total. The van der Waals surface area contributed by atoms with E-state index in [1.165, 1.54) is 21.3 Å². The van der Waals surface area contributed by atoms with Gasteiger partial charge in [-0.1, -0.05) is 18.2 Å². The second-order valence-corrected chi connectivity index (χ2v) is 5.42. The van der Waals surface area contributed by atoms with E-state index in [-0.39, 0.29) is 18.1 Å². The molecule has 0 spiro atoms. The normalized spacial score (nSPS) is 10.9. The lowest BCUT2D eigenvalue weighted by atomic mass is 10.2. The topological polar surface area (TPSA) is 56.0 Å². The van der Waals surface area contributed by atoms with Crippen molar-refractivity contribution in [1.82, 2.24) is 9.13 Å². The van der Waals surface area contributed by atoms with Crippen LogP contribution in [0.4, 0.5) is 10.1 Å². The Morgan fingerprint density at radius 1 is 1.17 bits per heavy atom. The highest BCUT2D eigenvalue weighted by Crippen LogP contribution is 2.16. The lowest BCUT2D eigenvalue weighted by Crippen LogP contribution is -2.28. The van der Waals surface area contributed by atoms with Gasteiger partial charge in [0.25, 0.3) is 0 Å². The number of rotatable bonds is 3. The zero-order valence-electron chi connectivity index (χ0n) is 12.8. The molecule has 0 bridgehead atoms. The number of aryl methyl sites for hydroxylation is 2. The summed E-state index contributed by atoms with van der Waals surface area (Å²) in [5, 5.41) is 2.65. The third kappa shape index (κ3) is 2.75. The Labute approximate surface area is 132 Å². The maximum atomic E-state index is 13.3. The number of aromatic nitrogens is 2. The standard InChI is InChI=1S/C17H16FN3O2/c1-11-7-8-12(18)9-13(11)19-16(22)10-21-15-6-4-3-5-14(15)20(2)17(21)23/h3-9H,10H2,1-2H3,(H,19,22). The lowest BCUT2D eigenvalue weighted by Gasteiger charge is -2.09. The predicted molar refractivity (Wildman–Crippen MR) is 86.9 cm³/mol. The number of fused-ring (bicyclic) bond motifs is 1. The number of para-hydroxylation sites is 2. The average molecular weight is 313 g/mol. The minimum absolute atomic E-state index is 0.129. The molecule has 0 radical (unpaired) electrons. The predicted octanol–water partition coefficient (Wildman–Crippen LogP) is 2.43. The van der Waals surface area contributed by atoms with Crippen molar-refractivity contribution in [2.45, 2.75) is 13.5 Å². The molecule has 0 saturated heterocycles. The summed E-state index contributed by atoms with van der Waals surface area (Å²) in [6.07, 6.45) is 0. The first-order chi connectivity index (χ1) is 11.0. The third-order valence-electron chi connectivity index (χ3n) is 3.83. The number of carbonyl (C=O) groups excluding carboxylic acids is 1. The largest absolute Gasteiger partial charge is 0.329 e. The van der Waals surface area contributed by atoms with Crippen molar-refractivity contribution >= 4 is 22.6 Å². The van der Waals surface area contributed by atoms with Crippen molar-refractivity contribution in [3.05, 3.63) is 64.3 Å². The van der Waals surface area contributed by atoms with Gasteiger partial charge in [0.15, 0.2) is 0 Å². The van der Waals surface area contributed by atoms with Crippen molar-refractivity contribution in [1.29, 1.82) is 0 Å². The quantitative estimate of drug-likeness (QED) is 0.807. The Morgan fingerprint density at radius 3 is 2.61 bits per heavy atom. The SMILES string of the molecule is Cc1ccc(F)cc1NC(=O)Cn1c(=O)n(C)c2ccccc21. The van der Waals surface area contributed by atoms with Crippen LogP contribution in [0.15, 0.2) is 47.3 Å². The Balaban J connectivity index is 1.91. The van der Waals surface area contributed by atoms with Crippen LogP contribution >= 0.6 is 0 Å². The van der Waals surface area contributed by atoms with Crippen LogP contribution in [0.5, 0.6) is 0 Å². The van der Waals surface area contributed by atoms with Crippen LogP contribution in [0, 0.1) is 12.7 Å². The fourth-order valence-corrected chi connectivity index (χ4v) is 2.58. The summed E-state index contributed by atoms with van der Waals surface area (Å²) < 4.78 is 16.2. The van der Waals surface area contributed by atoms with E-state index in [0.29, 0.717) is 11.2 Å². The van der Waals surface area contributed by atoms with Gasteiger partial charge in [-0.25, -0.2) is 9.18 Å². The molecule has 3 rings (SSSR count). The van der Waals surface area contributed by atoms with Crippen LogP contribution in [0.2, 0.25) is 0 Å². The van der Waals surface area contributed by atoms with E-state index in [1.54, 1.807) is 26.1 Å². The molecule has 0 aliphatic rings. The molecule has 5 nitrogen and oxygen atoms in total. The van der Waals surface area contributed by atoms with Crippen LogP contribution in [0.3, 0.4) is 0 Å². The molecular weight excluding hydrogens is 297 g/mol. The highest BCUT2D eigenvalue weighted by molar-refractivity contribution is 5.92. The van der Waals surface area contributed by atoms with Gasteiger partial charge in [-0.15, -0.1) is 0 Å². The molecule has 118 valence electrons. The number of nitrogens with one attached hydrogen (secondary N) is 1. The number of imidazole rings is 1. The summed E-state index contributed by atoms with van der Waals surface area (Å²) >= 11 is 0. The van der Waals surface area contributed by atoms with Gasteiger partial charge in [0.1, 0.15) is 12.4 Å². The van der Waals surface area contributed by atoms with Gasteiger partial charge in [-0.05, 0) is 36.8 Å². The Kier molecular flexibility index (Phi) is 3.73. The van der Waals surface area contributed by atoms with E-state index in [2.05, 4.69) is 5.32 Å². The number of amides is 1. The highest BCUT2D eigenvalue weighted by Gasteiger charge is 2.14. The van der Waals surface area contributed by atoms with Gasteiger partial charge in [0.2, 0.25) is 5.91 Å². The van der Waals surface area contributed by atoms with E-state index < -0.39 is 5.82 Å². The first-order valence-electron chi connectivity index (χ1n) is 7.17. The van der Waals surface area contributed by atoms with Crippen molar-refractivity contribution < 1.29 is 9.18 Å². The lowest BCUT2D eigenvalue weighted by molar-refractivity contribution is -0.116. The van der Waals surface area contributed by atoms with Crippen LogP contribution < -0.4 is 11.0 Å². The van der Waals surface area contributed by atoms with Crippen LogP contribution in [-0.2, 0) is 18.4 Å². The number of anilines is 1. The number of hydrogen-bond donors (Lipinski definition) is 1. The zero-order chi connectivity index (χ0) is 16.6. The second-order valence-electron chi connectivity index (χ2n) is 5.42. The summed E-state index contributed by atoms with van der Waals surface area (Å²) in [6.45, 7) is 1.65. The maximum Gasteiger partial charge on any atom is 0.329 e. The highest BCUT2D eigenvalue weighted by atomic mass is 19.1. The number of nitrogens with zero attached hydrogens (tertiary/aromatic N) is 2. The number of carbonyl (C=O) groups is 1. The summed E-state index contributed by atoms with van der Waals surface area (Å²) in [5.74, 6) is -0.801. The molecule has 1 amide bonds. The molecular formula is C17H16FN3O2. The monoisotopic (exact) mass is 313 g/mol. The fourth-order valence-electron chi connectivity index (χ4n) is 2.58. The minimum Gasteiger partial charge on any atom is -0.324 e. The number of benzene rings is 2. The minimum atomic E-state index is -0.423. The second kappa shape index (κ2) is 5.72. The zero-order valence-corrected chi connectivity index (χ0v) is 12.8. The van der Waals surface area contributed by atoms with Crippen LogP contribution in [-0.4, -0.2) is 15.0 Å². The molecule has 0 fully saturated rings. The molecule has 0 unspecified atom stereocenters. The Morgan fingerprint density at radius 2 is 1.87 bits per heavy atom. The number of hydrogen-bond acceptors (Lipinski definition) is 2. The van der Waals surface area contributed by atoms with Crippen molar-refractivity contribution in [2.75, 3.05) is 5.32 Å².